The number of nitrogens with zero attached hydrogens (tertiary/aromatic N) is 4. The van der Waals surface area contributed by atoms with Gasteiger partial charge in [-0.15, -0.1) is 0 Å². The third kappa shape index (κ3) is 2.58. The zero-order valence-electron chi connectivity index (χ0n) is 16.0. The molecule has 0 spiro atoms. The predicted octanol–water partition coefficient (Wildman–Crippen LogP) is 2.86. The third-order valence-electron chi connectivity index (χ3n) is 5.76. The number of rotatable bonds is 3. The monoisotopic (exact) mass is 384 g/mol. The lowest BCUT2D eigenvalue weighted by Gasteiger charge is -2.19. The number of hydrogen-bond donors (Lipinski definition) is 2. The molecule has 7 heteroatoms. The molecule has 0 unspecified atom stereocenters. The van der Waals surface area contributed by atoms with Crippen molar-refractivity contribution in [3.63, 3.8) is 0 Å². The van der Waals surface area contributed by atoms with Crippen molar-refractivity contribution in [3.8, 4) is 11.1 Å². The maximum atomic E-state index is 11.9. The van der Waals surface area contributed by atoms with Gasteiger partial charge in [-0.1, -0.05) is 31.7 Å². The van der Waals surface area contributed by atoms with Crippen LogP contribution >= 0.6 is 0 Å². The average Bonchev–Trinajstić information content (AvgIpc) is 3.23. The van der Waals surface area contributed by atoms with Crippen molar-refractivity contribution in [2.45, 2.75) is 25.3 Å². The van der Waals surface area contributed by atoms with Crippen molar-refractivity contribution in [1.82, 2.24) is 24.9 Å². The van der Waals surface area contributed by atoms with E-state index < -0.39 is 0 Å². The van der Waals surface area contributed by atoms with E-state index in [9.17, 15) is 4.79 Å². The van der Waals surface area contributed by atoms with Crippen LogP contribution in [0.5, 0.6) is 0 Å². The first kappa shape index (κ1) is 17.4. The summed E-state index contributed by atoms with van der Waals surface area (Å²) in [6.45, 7) is 5.67. The van der Waals surface area contributed by atoms with Gasteiger partial charge in [0.15, 0.2) is 5.82 Å². The number of aromatic nitrogens is 4. The first-order valence-electron chi connectivity index (χ1n) is 9.50. The van der Waals surface area contributed by atoms with Gasteiger partial charge in [0, 0.05) is 46.8 Å². The Morgan fingerprint density at radius 3 is 3.00 bits per heavy atom. The summed E-state index contributed by atoms with van der Waals surface area (Å²) in [5.41, 5.74) is 12.1. The number of carbonyl (C=O) groups is 1. The van der Waals surface area contributed by atoms with Gasteiger partial charge in [0.2, 0.25) is 5.91 Å². The molecule has 3 heterocycles. The third-order valence-corrected chi connectivity index (χ3v) is 5.76. The number of nitrogens with two attached hydrogens (primary N) is 1. The number of amides is 1. The molecule has 0 radical (unpaired) electrons. The molecular weight excluding hydrogens is 364 g/mol. The van der Waals surface area contributed by atoms with Crippen molar-refractivity contribution >= 4 is 28.1 Å². The molecular formula is C22H20N6O. The normalized spacial score (nSPS) is 18.1. The summed E-state index contributed by atoms with van der Waals surface area (Å²) >= 11 is 0. The zero-order chi connectivity index (χ0) is 20.1. The van der Waals surface area contributed by atoms with Crippen molar-refractivity contribution in [2.75, 3.05) is 5.73 Å². The van der Waals surface area contributed by atoms with Crippen LogP contribution in [-0.4, -0.2) is 31.5 Å². The topological polar surface area (TPSA) is 98.2 Å². The molecule has 1 aliphatic carbocycles. The second-order valence-corrected chi connectivity index (χ2v) is 7.37. The van der Waals surface area contributed by atoms with Crippen LogP contribution in [0.4, 0.5) is 5.82 Å². The number of fused-ring (bicyclic) bond motifs is 4. The number of para-hydroxylation sites is 1. The van der Waals surface area contributed by atoms with Gasteiger partial charge >= 0.3 is 0 Å². The van der Waals surface area contributed by atoms with Crippen LogP contribution in [0.2, 0.25) is 0 Å². The van der Waals surface area contributed by atoms with Gasteiger partial charge in [-0.05, 0) is 23.8 Å². The van der Waals surface area contributed by atoms with Gasteiger partial charge in [0.05, 0.1) is 5.52 Å². The second kappa shape index (κ2) is 6.41. The Morgan fingerprint density at radius 2 is 2.17 bits per heavy atom. The average molecular weight is 384 g/mol. The van der Waals surface area contributed by atoms with E-state index in [1.165, 1.54) is 12.4 Å². The maximum absolute atomic E-state index is 11.9. The lowest BCUT2D eigenvalue weighted by Crippen LogP contribution is -2.36. The summed E-state index contributed by atoms with van der Waals surface area (Å²) in [5, 5.41) is 8.55. The molecule has 1 amide bonds. The Kier molecular flexibility index (Phi) is 3.84. The van der Waals surface area contributed by atoms with Crippen LogP contribution in [0.3, 0.4) is 0 Å². The molecule has 4 aromatic rings. The fraction of sp³-hybridized carbons (Fsp3) is 0.182. The highest BCUT2D eigenvalue weighted by molar-refractivity contribution is 5.95. The minimum absolute atomic E-state index is 0.0363. The van der Waals surface area contributed by atoms with Crippen LogP contribution in [0.1, 0.15) is 24.1 Å². The molecule has 0 aliphatic heterocycles. The number of anilines is 1. The molecule has 5 rings (SSSR count). The van der Waals surface area contributed by atoms with Crippen molar-refractivity contribution in [1.29, 1.82) is 0 Å². The first-order valence-corrected chi connectivity index (χ1v) is 9.50. The van der Waals surface area contributed by atoms with Gasteiger partial charge in [-0.3, -0.25) is 9.78 Å². The molecule has 0 saturated carbocycles. The number of hydrogen-bond acceptors (Lipinski definition) is 5. The molecule has 1 aliphatic rings. The summed E-state index contributed by atoms with van der Waals surface area (Å²) < 4.78 is 1.86. The fourth-order valence-electron chi connectivity index (χ4n) is 4.38. The van der Waals surface area contributed by atoms with Crippen molar-refractivity contribution < 1.29 is 4.79 Å². The number of nitrogens with one attached hydrogen (secondary N) is 1. The van der Waals surface area contributed by atoms with E-state index in [0.29, 0.717) is 12.2 Å². The van der Waals surface area contributed by atoms with E-state index in [1.54, 1.807) is 0 Å². The lowest BCUT2D eigenvalue weighted by molar-refractivity contribution is -0.117. The Hall–Kier alpha value is -3.74. The van der Waals surface area contributed by atoms with E-state index in [0.717, 1.165) is 38.8 Å². The largest absolute Gasteiger partial charge is 0.382 e. The Balaban J connectivity index is 1.75. The molecule has 3 N–H and O–H groups in total. The number of nitrogen functional groups attached to an aromatic ring is 1. The van der Waals surface area contributed by atoms with E-state index in [-0.39, 0.29) is 17.9 Å². The summed E-state index contributed by atoms with van der Waals surface area (Å²) in [6.07, 6.45) is 5.29. The van der Waals surface area contributed by atoms with Crippen molar-refractivity contribution in [3.05, 3.63) is 66.8 Å². The lowest BCUT2D eigenvalue weighted by atomic mass is 9.93. The highest BCUT2D eigenvalue weighted by Gasteiger charge is 2.37. The standard InChI is InChI=1S/C22H20N6O/c1-3-18(29)27-16-9-17-19(12(16)2)20(21-22(23)25-11-26-28(17)21)14-8-13-6-4-5-7-15(13)24-10-14/h3-8,10-12,16H,1,9H2,2H3,(H,27,29)(H2,23,25,26)/t12-,16+/m0/s1. The summed E-state index contributed by atoms with van der Waals surface area (Å²) in [4.78, 5) is 20.8. The zero-order valence-corrected chi connectivity index (χ0v) is 16.0. The van der Waals surface area contributed by atoms with Crippen LogP contribution in [0.25, 0.3) is 27.5 Å². The number of pyridine rings is 1. The van der Waals surface area contributed by atoms with Crippen molar-refractivity contribution in [2.24, 2.45) is 0 Å². The van der Waals surface area contributed by atoms with Crippen LogP contribution in [0.15, 0.2) is 55.5 Å². The molecule has 3 aromatic heterocycles. The van der Waals surface area contributed by atoms with Gasteiger partial charge in [0.1, 0.15) is 11.8 Å². The molecule has 144 valence electrons. The van der Waals surface area contributed by atoms with Gasteiger partial charge < -0.3 is 11.1 Å². The fourth-order valence-corrected chi connectivity index (χ4v) is 4.38. The molecule has 1 aromatic carbocycles. The molecule has 0 bridgehead atoms. The predicted molar refractivity (Wildman–Crippen MR) is 112 cm³/mol. The van der Waals surface area contributed by atoms with E-state index in [2.05, 4.69) is 40.0 Å². The number of carbonyl (C=O) groups excluding carboxylic acids is 1. The molecule has 2 atom stereocenters. The first-order chi connectivity index (χ1) is 14.1. The maximum Gasteiger partial charge on any atom is 0.243 e. The summed E-state index contributed by atoms with van der Waals surface area (Å²) in [7, 11) is 0. The van der Waals surface area contributed by atoms with E-state index >= 15 is 0 Å². The van der Waals surface area contributed by atoms with E-state index in [1.807, 2.05) is 35.0 Å². The van der Waals surface area contributed by atoms with Crippen LogP contribution < -0.4 is 11.1 Å². The summed E-state index contributed by atoms with van der Waals surface area (Å²) in [5.74, 6) is 0.331. The van der Waals surface area contributed by atoms with Gasteiger partial charge in [0.25, 0.3) is 0 Å². The minimum atomic E-state index is -0.177. The number of benzene rings is 1. The smallest absolute Gasteiger partial charge is 0.243 e. The Labute approximate surface area is 167 Å². The summed E-state index contributed by atoms with van der Waals surface area (Å²) in [6, 6.07) is 10.1. The highest BCUT2D eigenvalue weighted by Crippen LogP contribution is 2.45. The Morgan fingerprint density at radius 1 is 1.34 bits per heavy atom. The highest BCUT2D eigenvalue weighted by atomic mass is 16.1. The van der Waals surface area contributed by atoms with Crippen LogP contribution in [-0.2, 0) is 11.2 Å². The van der Waals surface area contributed by atoms with E-state index in [4.69, 9.17) is 5.73 Å². The molecule has 29 heavy (non-hydrogen) atoms. The van der Waals surface area contributed by atoms with Gasteiger partial charge in [-0.2, -0.15) is 5.10 Å². The molecule has 7 nitrogen and oxygen atoms in total. The van der Waals surface area contributed by atoms with Crippen LogP contribution in [0, 0.1) is 0 Å². The molecule has 0 fully saturated rings. The minimum Gasteiger partial charge on any atom is -0.382 e. The SMILES string of the molecule is C=CC(=O)N[C@@H]1Cc2c(c(-c3cnc4ccccc4c3)c3c(N)ncnn23)[C@H]1C. The Bertz CT molecular complexity index is 1290. The quantitative estimate of drug-likeness (QED) is 0.529. The molecule has 0 saturated heterocycles. The second-order valence-electron chi connectivity index (χ2n) is 7.37. The van der Waals surface area contributed by atoms with Gasteiger partial charge in [-0.25, -0.2) is 9.50 Å².